The molecular weight excluding hydrogens is 256 g/mol. The molecule has 0 aliphatic heterocycles. The number of phenols is 1. The average Bonchev–Trinajstić information content (AvgIpc) is 2.93. The van der Waals surface area contributed by atoms with Gasteiger partial charge in [-0.1, -0.05) is 18.9 Å². The number of ether oxygens (including phenoxy) is 1. The van der Waals surface area contributed by atoms with Crippen molar-refractivity contribution in [2.75, 3.05) is 13.7 Å². The summed E-state index contributed by atoms with van der Waals surface area (Å²) in [5, 5.41) is 10.0. The van der Waals surface area contributed by atoms with Gasteiger partial charge in [0.25, 0.3) is 0 Å². The van der Waals surface area contributed by atoms with Crippen molar-refractivity contribution in [2.45, 2.75) is 38.3 Å². The molecule has 5 nitrogen and oxygen atoms in total. The van der Waals surface area contributed by atoms with Crippen molar-refractivity contribution in [3.63, 3.8) is 0 Å². The number of rotatable bonds is 6. The number of primary amides is 1. The summed E-state index contributed by atoms with van der Waals surface area (Å²) in [6.45, 7) is 0.763. The van der Waals surface area contributed by atoms with E-state index in [-0.39, 0.29) is 18.2 Å². The largest absolute Gasteiger partial charge is 0.507 e. The molecule has 110 valence electrons. The van der Waals surface area contributed by atoms with Crippen molar-refractivity contribution in [2.24, 2.45) is 5.73 Å². The van der Waals surface area contributed by atoms with Gasteiger partial charge in [0.2, 0.25) is 5.91 Å². The number of methoxy groups -OCH3 is 1. The lowest BCUT2D eigenvalue weighted by atomic mass is 10.1. The molecule has 0 heterocycles. The Bertz CT molecular complexity index is 470. The van der Waals surface area contributed by atoms with Gasteiger partial charge in [0, 0.05) is 24.2 Å². The van der Waals surface area contributed by atoms with E-state index in [1.807, 2.05) is 12.1 Å². The molecule has 0 bridgehead atoms. The first kappa shape index (κ1) is 14.7. The second-order valence-corrected chi connectivity index (χ2v) is 5.30. The van der Waals surface area contributed by atoms with Gasteiger partial charge in [-0.3, -0.25) is 9.69 Å². The summed E-state index contributed by atoms with van der Waals surface area (Å²) in [5.41, 5.74) is 6.13. The number of carbonyl (C=O) groups is 1. The van der Waals surface area contributed by atoms with E-state index in [0.717, 1.165) is 18.4 Å². The number of amides is 1. The van der Waals surface area contributed by atoms with Crippen LogP contribution in [0.15, 0.2) is 18.2 Å². The van der Waals surface area contributed by atoms with E-state index < -0.39 is 0 Å². The van der Waals surface area contributed by atoms with Gasteiger partial charge < -0.3 is 15.6 Å². The van der Waals surface area contributed by atoms with Crippen LogP contribution in [0.3, 0.4) is 0 Å². The Morgan fingerprint density at radius 3 is 2.70 bits per heavy atom. The normalized spacial score (nSPS) is 15.7. The van der Waals surface area contributed by atoms with Crippen molar-refractivity contribution in [3.05, 3.63) is 23.8 Å². The van der Waals surface area contributed by atoms with Gasteiger partial charge >= 0.3 is 0 Å². The Labute approximate surface area is 119 Å². The summed E-state index contributed by atoms with van der Waals surface area (Å²) < 4.78 is 5.07. The van der Waals surface area contributed by atoms with Crippen molar-refractivity contribution < 1.29 is 14.6 Å². The van der Waals surface area contributed by atoms with Crippen LogP contribution >= 0.6 is 0 Å². The van der Waals surface area contributed by atoms with E-state index >= 15 is 0 Å². The molecular formula is C15H22N2O3. The summed E-state index contributed by atoms with van der Waals surface area (Å²) in [6, 6.07) is 5.61. The van der Waals surface area contributed by atoms with Crippen molar-refractivity contribution >= 4 is 5.91 Å². The van der Waals surface area contributed by atoms with Crippen LogP contribution in [0.2, 0.25) is 0 Å². The van der Waals surface area contributed by atoms with Crippen LogP contribution in [0.1, 0.15) is 31.2 Å². The van der Waals surface area contributed by atoms with Crippen LogP contribution in [-0.2, 0) is 11.3 Å². The topological polar surface area (TPSA) is 75.8 Å². The van der Waals surface area contributed by atoms with Crippen molar-refractivity contribution in [1.82, 2.24) is 4.90 Å². The average molecular weight is 278 g/mol. The molecule has 0 saturated heterocycles. The van der Waals surface area contributed by atoms with Gasteiger partial charge in [-0.25, -0.2) is 0 Å². The Morgan fingerprint density at radius 2 is 2.15 bits per heavy atom. The third-order valence-electron chi connectivity index (χ3n) is 3.87. The standard InChI is InChI=1S/C15H22N2O3/c1-20-13-7-6-11(14(18)8-13)9-17(10-15(16)19)12-4-2-3-5-12/h6-8,12,18H,2-5,9-10H2,1H3,(H2,16,19). The van der Waals surface area contributed by atoms with Gasteiger partial charge in [0.15, 0.2) is 0 Å². The fourth-order valence-corrected chi connectivity index (χ4v) is 2.81. The van der Waals surface area contributed by atoms with Crippen molar-refractivity contribution in [1.29, 1.82) is 0 Å². The zero-order valence-corrected chi connectivity index (χ0v) is 11.8. The molecule has 5 heteroatoms. The molecule has 0 aromatic heterocycles. The van der Waals surface area contributed by atoms with E-state index in [0.29, 0.717) is 18.3 Å². The number of benzene rings is 1. The van der Waals surface area contributed by atoms with Crippen LogP contribution in [0, 0.1) is 0 Å². The molecule has 2 rings (SSSR count). The third kappa shape index (κ3) is 3.63. The number of hydrogen-bond acceptors (Lipinski definition) is 4. The molecule has 1 aromatic carbocycles. The van der Waals surface area contributed by atoms with Gasteiger partial charge in [0.1, 0.15) is 11.5 Å². The molecule has 20 heavy (non-hydrogen) atoms. The predicted molar refractivity (Wildman–Crippen MR) is 76.5 cm³/mol. The van der Waals surface area contributed by atoms with Crippen LogP contribution in [0.25, 0.3) is 0 Å². The summed E-state index contributed by atoms with van der Waals surface area (Å²) in [5.74, 6) is 0.482. The minimum atomic E-state index is -0.329. The molecule has 0 spiro atoms. The summed E-state index contributed by atoms with van der Waals surface area (Å²) >= 11 is 0. The van der Waals surface area contributed by atoms with Crippen LogP contribution in [-0.4, -0.2) is 35.6 Å². The SMILES string of the molecule is COc1ccc(CN(CC(N)=O)C2CCCC2)c(O)c1. The highest BCUT2D eigenvalue weighted by molar-refractivity contribution is 5.76. The number of nitrogens with zero attached hydrogens (tertiary/aromatic N) is 1. The van der Waals surface area contributed by atoms with Gasteiger partial charge in [0.05, 0.1) is 13.7 Å². The molecule has 1 saturated carbocycles. The van der Waals surface area contributed by atoms with E-state index in [1.54, 1.807) is 13.2 Å². The monoisotopic (exact) mass is 278 g/mol. The Morgan fingerprint density at radius 1 is 1.45 bits per heavy atom. The fourth-order valence-electron chi connectivity index (χ4n) is 2.81. The lowest BCUT2D eigenvalue weighted by Gasteiger charge is -2.27. The Kier molecular flexibility index (Phi) is 4.84. The fraction of sp³-hybridized carbons (Fsp3) is 0.533. The van der Waals surface area contributed by atoms with E-state index in [1.165, 1.54) is 12.8 Å². The number of aromatic hydroxyl groups is 1. The third-order valence-corrected chi connectivity index (χ3v) is 3.87. The first-order valence-corrected chi connectivity index (χ1v) is 6.98. The summed E-state index contributed by atoms with van der Waals surface area (Å²) in [7, 11) is 1.56. The molecule has 0 radical (unpaired) electrons. The lowest BCUT2D eigenvalue weighted by Crippen LogP contribution is -2.39. The first-order valence-electron chi connectivity index (χ1n) is 6.98. The second kappa shape index (κ2) is 6.61. The predicted octanol–water partition coefficient (Wildman–Crippen LogP) is 1.63. The Hall–Kier alpha value is -1.75. The van der Waals surface area contributed by atoms with Crippen LogP contribution in [0.4, 0.5) is 0 Å². The van der Waals surface area contributed by atoms with Crippen LogP contribution in [0.5, 0.6) is 11.5 Å². The zero-order valence-electron chi connectivity index (χ0n) is 11.8. The maximum atomic E-state index is 11.2. The highest BCUT2D eigenvalue weighted by atomic mass is 16.5. The molecule has 3 N–H and O–H groups in total. The number of hydrogen-bond donors (Lipinski definition) is 2. The van der Waals surface area contributed by atoms with E-state index in [9.17, 15) is 9.90 Å². The minimum Gasteiger partial charge on any atom is -0.507 e. The lowest BCUT2D eigenvalue weighted by molar-refractivity contribution is -0.119. The zero-order chi connectivity index (χ0) is 14.5. The number of carbonyl (C=O) groups excluding carboxylic acids is 1. The van der Waals surface area contributed by atoms with Gasteiger partial charge in [-0.2, -0.15) is 0 Å². The van der Waals surface area contributed by atoms with E-state index in [4.69, 9.17) is 10.5 Å². The first-order chi connectivity index (χ1) is 9.60. The van der Waals surface area contributed by atoms with Crippen LogP contribution < -0.4 is 10.5 Å². The smallest absolute Gasteiger partial charge is 0.231 e. The highest BCUT2D eigenvalue weighted by Gasteiger charge is 2.24. The van der Waals surface area contributed by atoms with E-state index in [2.05, 4.69) is 4.90 Å². The molecule has 0 atom stereocenters. The molecule has 1 aromatic rings. The Balaban J connectivity index is 2.11. The molecule has 1 amide bonds. The van der Waals surface area contributed by atoms with Crippen molar-refractivity contribution in [3.8, 4) is 11.5 Å². The quantitative estimate of drug-likeness (QED) is 0.829. The number of nitrogens with two attached hydrogens (primary N) is 1. The maximum Gasteiger partial charge on any atom is 0.231 e. The minimum absolute atomic E-state index is 0.191. The molecule has 1 aliphatic rings. The number of phenolic OH excluding ortho intramolecular Hbond substituents is 1. The maximum absolute atomic E-state index is 11.2. The summed E-state index contributed by atoms with van der Waals surface area (Å²) in [6.07, 6.45) is 4.55. The highest BCUT2D eigenvalue weighted by Crippen LogP contribution is 2.28. The summed E-state index contributed by atoms with van der Waals surface area (Å²) in [4.78, 5) is 13.3. The van der Waals surface area contributed by atoms with Gasteiger partial charge in [-0.05, 0) is 18.9 Å². The second-order valence-electron chi connectivity index (χ2n) is 5.30. The van der Waals surface area contributed by atoms with Gasteiger partial charge in [-0.15, -0.1) is 0 Å². The molecule has 1 aliphatic carbocycles. The molecule has 1 fully saturated rings. The molecule has 0 unspecified atom stereocenters.